The molecule has 0 aliphatic heterocycles. The largest absolute Gasteiger partial charge is 0.393 e. The molecule has 1 aromatic rings. The SMILES string of the molecule is CC(C(=O)Nc1c(Cl)cc(F)cc1Cl)C(N)=S. The number of benzene rings is 1. The summed E-state index contributed by atoms with van der Waals surface area (Å²) in [5.74, 6) is -1.70. The van der Waals surface area contributed by atoms with Crippen molar-refractivity contribution in [2.45, 2.75) is 6.92 Å². The molecule has 7 heteroatoms. The van der Waals surface area contributed by atoms with Gasteiger partial charge in [0.15, 0.2) is 0 Å². The number of amides is 1. The number of carbonyl (C=O) groups is 1. The minimum atomic E-state index is -0.665. The average Bonchev–Trinajstić information content (AvgIpc) is 2.21. The van der Waals surface area contributed by atoms with E-state index in [9.17, 15) is 9.18 Å². The van der Waals surface area contributed by atoms with Crippen LogP contribution < -0.4 is 11.1 Å². The molecule has 0 fully saturated rings. The van der Waals surface area contributed by atoms with Gasteiger partial charge in [-0.15, -0.1) is 0 Å². The van der Waals surface area contributed by atoms with Gasteiger partial charge in [-0.25, -0.2) is 4.39 Å². The van der Waals surface area contributed by atoms with Crippen LogP contribution in [0.2, 0.25) is 10.0 Å². The van der Waals surface area contributed by atoms with Crippen molar-refractivity contribution in [3.05, 3.63) is 28.0 Å². The van der Waals surface area contributed by atoms with Crippen molar-refractivity contribution >= 4 is 52.0 Å². The molecular weight excluding hydrogens is 286 g/mol. The molecule has 1 unspecified atom stereocenters. The highest BCUT2D eigenvalue weighted by molar-refractivity contribution is 7.80. The average molecular weight is 295 g/mol. The van der Waals surface area contributed by atoms with E-state index in [0.29, 0.717) is 0 Å². The van der Waals surface area contributed by atoms with Crippen molar-refractivity contribution in [3.8, 4) is 0 Å². The van der Waals surface area contributed by atoms with Gasteiger partial charge in [0.1, 0.15) is 5.82 Å². The molecule has 1 aromatic carbocycles. The van der Waals surface area contributed by atoms with Gasteiger partial charge >= 0.3 is 0 Å². The first-order valence-corrected chi connectivity index (χ1v) is 5.74. The third-order valence-electron chi connectivity index (χ3n) is 2.08. The van der Waals surface area contributed by atoms with Crippen LogP contribution >= 0.6 is 35.4 Å². The number of nitrogens with one attached hydrogen (secondary N) is 1. The van der Waals surface area contributed by atoms with Crippen LogP contribution in [0.15, 0.2) is 12.1 Å². The summed E-state index contributed by atoms with van der Waals surface area (Å²) in [5, 5.41) is 2.47. The highest BCUT2D eigenvalue weighted by Crippen LogP contribution is 2.31. The predicted octanol–water partition coefficient (Wildman–Crippen LogP) is 2.99. The molecule has 0 spiro atoms. The quantitative estimate of drug-likeness (QED) is 0.843. The van der Waals surface area contributed by atoms with Crippen LogP contribution in [-0.2, 0) is 4.79 Å². The number of carbonyl (C=O) groups excluding carboxylic acids is 1. The number of rotatable bonds is 3. The fourth-order valence-corrected chi connectivity index (χ4v) is 1.68. The van der Waals surface area contributed by atoms with E-state index in [1.807, 2.05) is 0 Å². The molecule has 0 aromatic heterocycles. The Hall–Kier alpha value is -0.910. The molecular formula is C10H9Cl2FN2OS. The lowest BCUT2D eigenvalue weighted by atomic mass is 10.1. The zero-order valence-corrected chi connectivity index (χ0v) is 11.1. The van der Waals surface area contributed by atoms with E-state index in [2.05, 4.69) is 17.5 Å². The van der Waals surface area contributed by atoms with Gasteiger partial charge < -0.3 is 11.1 Å². The van der Waals surface area contributed by atoms with Crippen LogP contribution in [0.1, 0.15) is 6.92 Å². The van der Waals surface area contributed by atoms with Crippen molar-refractivity contribution < 1.29 is 9.18 Å². The molecule has 1 atom stereocenters. The Labute approximate surface area is 113 Å². The van der Waals surface area contributed by atoms with Gasteiger partial charge in [0.25, 0.3) is 0 Å². The summed E-state index contributed by atoms with van der Waals surface area (Å²) >= 11 is 16.2. The third kappa shape index (κ3) is 3.52. The van der Waals surface area contributed by atoms with Crippen LogP contribution in [0.5, 0.6) is 0 Å². The normalized spacial score (nSPS) is 12.0. The van der Waals surface area contributed by atoms with Gasteiger partial charge in [-0.3, -0.25) is 4.79 Å². The van der Waals surface area contributed by atoms with E-state index in [1.165, 1.54) is 0 Å². The monoisotopic (exact) mass is 294 g/mol. The number of thiocarbonyl (C=S) groups is 1. The van der Waals surface area contributed by atoms with E-state index >= 15 is 0 Å². The van der Waals surface area contributed by atoms with Crippen molar-refractivity contribution in [2.24, 2.45) is 11.7 Å². The highest BCUT2D eigenvalue weighted by atomic mass is 35.5. The zero-order valence-electron chi connectivity index (χ0n) is 8.76. The summed E-state index contributed by atoms with van der Waals surface area (Å²) in [6, 6.07) is 2.10. The maximum atomic E-state index is 12.9. The number of halogens is 3. The lowest BCUT2D eigenvalue weighted by Gasteiger charge is -2.13. The van der Waals surface area contributed by atoms with Crippen LogP contribution in [0.25, 0.3) is 0 Å². The second kappa shape index (κ2) is 5.62. The Balaban J connectivity index is 2.96. The molecule has 3 nitrogen and oxygen atoms in total. The lowest BCUT2D eigenvalue weighted by molar-refractivity contribution is -0.117. The van der Waals surface area contributed by atoms with Crippen LogP contribution in [0, 0.1) is 11.7 Å². The first kappa shape index (κ1) is 14.2. The summed E-state index contributed by atoms with van der Waals surface area (Å²) in [6.07, 6.45) is 0. The molecule has 0 radical (unpaired) electrons. The van der Waals surface area contributed by atoms with Gasteiger partial charge in [-0.2, -0.15) is 0 Å². The van der Waals surface area contributed by atoms with Crippen LogP contribution in [-0.4, -0.2) is 10.9 Å². The van der Waals surface area contributed by atoms with Gasteiger partial charge in [0, 0.05) is 0 Å². The fourth-order valence-electron chi connectivity index (χ4n) is 1.02. The second-order valence-corrected chi connectivity index (χ2v) is 4.64. The van der Waals surface area contributed by atoms with E-state index in [1.54, 1.807) is 6.92 Å². The maximum absolute atomic E-state index is 12.9. The van der Waals surface area contributed by atoms with Crippen molar-refractivity contribution in [1.82, 2.24) is 0 Å². The Morgan fingerprint density at radius 1 is 1.47 bits per heavy atom. The molecule has 1 amide bonds. The second-order valence-electron chi connectivity index (χ2n) is 3.36. The van der Waals surface area contributed by atoms with Crippen LogP contribution in [0.3, 0.4) is 0 Å². The van der Waals surface area contributed by atoms with Gasteiger partial charge in [-0.1, -0.05) is 35.4 Å². The molecule has 92 valence electrons. The van der Waals surface area contributed by atoms with E-state index in [4.69, 9.17) is 28.9 Å². The fraction of sp³-hybridized carbons (Fsp3) is 0.200. The zero-order chi connectivity index (χ0) is 13.2. The Kier molecular flexibility index (Phi) is 4.68. The van der Waals surface area contributed by atoms with Crippen molar-refractivity contribution in [3.63, 3.8) is 0 Å². The number of nitrogens with two attached hydrogens (primary N) is 1. The maximum Gasteiger partial charge on any atom is 0.234 e. The summed E-state index contributed by atoms with van der Waals surface area (Å²) in [4.78, 5) is 11.7. The third-order valence-corrected chi connectivity index (χ3v) is 3.02. The van der Waals surface area contributed by atoms with Gasteiger partial charge in [0.05, 0.1) is 26.6 Å². The minimum absolute atomic E-state index is 0.0125. The number of hydrogen-bond acceptors (Lipinski definition) is 2. The topological polar surface area (TPSA) is 55.1 Å². The van der Waals surface area contributed by atoms with Crippen LogP contribution in [0.4, 0.5) is 10.1 Å². The molecule has 0 aliphatic carbocycles. The number of anilines is 1. The molecule has 0 aliphatic rings. The summed E-state index contributed by atoms with van der Waals surface area (Å²) in [6.45, 7) is 1.54. The molecule has 17 heavy (non-hydrogen) atoms. The smallest absolute Gasteiger partial charge is 0.234 e. The summed E-state index contributed by atoms with van der Waals surface area (Å²) in [5.41, 5.74) is 5.48. The molecule has 1 rings (SSSR count). The number of hydrogen-bond donors (Lipinski definition) is 2. The minimum Gasteiger partial charge on any atom is -0.393 e. The van der Waals surface area contributed by atoms with Crippen molar-refractivity contribution in [1.29, 1.82) is 0 Å². The van der Waals surface area contributed by atoms with Gasteiger partial charge in [-0.05, 0) is 19.1 Å². The molecule has 0 saturated heterocycles. The molecule has 0 heterocycles. The molecule has 0 saturated carbocycles. The Morgan fingerprint density at radius 3 is 2.35 bits per heavy atom. The summed E-state index contributed by atoms with van der Waals surface area (Å²) in [7, 11) is 0. The standard InChI is InChI=1S/C10H9Cl2FN2OS/c1-4(9(14)17)10(16)15-8-6(11)2-5(13)3-7(8)12/h2-4H,1H3,(H2,14,17)(H,15,16). The van der Waals surface area contributed by atoms with E-state index in [0.717, 1.165) is 12.1 Å². The highest BCUT2D eigenvalue weighted by Gasteiger charge is 2.18. The van der Waals surface area contributed by atoms with Gasteiger partial charge in [0.2, 0.25) is 5.91 Å². The molecule has 0 bridgehead atoms. The first-order valence-electron chi connectivity index (χ1n) is 4.57. The lowest BCUT2D eigenvalue weighted by Crippen LogP contribution is -2.31. The Bertz CT molecular complexity index is 458. The van der Waals surface area contributed by atoms with E-state index in [-0.39, 0.29) is 20.7 Å². The van der Waals surface area contributed by atoms with Crippen molar-refractivity contribution in [2.75, 3.05) is 5.32 Å². The summed E-state index contributed by atoms with van der Waals surface area (Å²) < 4.78 is 12.9. The first-order chi connectivity index (χ1) is 7.82. The Morgan fingerprint density at radius 2 is 1.94 bits per heavy atom. The van der Waals surface area contributed by atoms with E-state index < -0.39 is 17.6 Å². The molecule has 3 N–H and O–H groups in total. The predicted molar refractivity (Wildman–Crippen MR) is 71.0 cm³/mol.